The molecule has 4 rings (SSSR count). The van der Waals surface area contributed by atoms with Gasteiger partial charge in [0.15, 0.2) is 0 Å². The maximum absolute atomic E-state index is 12.5. The highest BCUT2D eigenvalue weighted by atomic mass is 32.1. The monoisotopic (exact) mass is 423 g/mol. The standard InChI is InChI=1S/C22H25N5O2S/c1-15-10-22-26(8-3-9-27(22)25-15)12-17(13-28)11-21(29)24-19-6-4-18(5-7-19)20-14-30-16(2)23-20/h4-7,10,13-14,17H,3,8-9,11-12H2,1-2H3,(H,24,29). The first kappa shape index (κ1) is 20.3. The molecular weight excluding hydrogens is 398 g/mol. The van der Waals surface area contributed by atoms with Crippen LogP contribution in [0.2, 0.25) is 0 Å². The highest BCUT2D eigenvalue weighted by Crippen LogP contribution is 2.24. The van der Waals surface area contributed by atoms with Gasteiger partial charge in [0, 0.05) is 54.7 Å². The Balaban J connectivity index is 1.35. The molecule has 0 spiro atoms. The van der Waals surface area contributed by atoms with Gasteiger partial charge in [-0.15, -0.1) is 11.3 Å². The first-order valence-corrected chi connectivity index (χ1v) is 11.0. The van der Waals surface area contributed by atoms with Crippen molar-refractivity contribution in [3.05, 3.63) is 46.4 Å². The van der Waals surface area contributed by atoms with Crippen molar-refractivity contribution in [3.8, 4) is 11.3 Å². The van der Waals surface area contributed by atoms with Crippen molar-refractivity contribution in [1.29, 1.82) is 0 Å². The Morgan fingerprint density at radius 2 is 2.07 bits per heavy atom. The van der Waals surface area contributed by atoms with Gasteiger partial charge in [0.05, 0.1) is 16.4 Å². The number of hydrogen-bond acceptors (Lipinski definition) is 6. The average molecular weight is 424 g/mol. The van der Waals surface area contributed by atoms with Gasteiger partial charge in [-0.05, 0) is 32.4 Å². The fourth-order valence-corrected chi connectivity index (χ4v) is 4.39. The number of benzene rings is 1. The van der Waals surface area contributed by atoms with E-state index in [1.165, 1.54) is 0 Å². The Morgan fingerprint density at radius 1 is 1.27 bits per heavy atom. The Morgan fingerprint density at radius 3 is 2.77 bits per heavy atom. The zero-order chi connectivity index (χ0) is 21.1. The maximum Gasteiger partial charge on any atom is 0.225 e. The summed E-state index contributed by atoms with van der Waals surface area (Å²) in [6, 6.07) is 9.65. The molecule has 0 radical (unpaired) electrons. The lowest BCUT2D eigenvalue weighted by molar-refractivity contribution is -0.120. The van der Waals surface area contributed by atoms with E-state index >= 15 is 0 Å². The van der Waals surface area contributed by atoms with Crippen molar-refractivity contribution < 1.29 is 9.59 Å². The second-order valence-corrected chi connectivity index (χ2v) is 8.71. The predicted octanol–water partition coefficient (Wildman–Crippen LogP) is 3.68. The first-order valence-electron chi connectivity index (χ1n) is 10.1. The van der Waals surface area contributed by atoms with Crippen LogP contribution in [0.15, 0.2) is 35.7 Å². The molecule has 1 aromatic carbocycles. The molecule has 0 saturated carbocycles. The summed E-state index contributed by atoms with van der Waals surface area (Å²) < 4.78 is 1.98. The van der Waals surface area contributed by atoms with E-state index in [1.54, 1.807) is 11.3 Å². The number of aromatic nitrogens is 3. The van der Waals surface area contributed by atoms with Gasteiger partial charge < -0.3 is 15.0 Å². The molecule has 3 aromatic rings. The summed E-state index contributed by atoms with van der Waals surface area (Å²) in [5.74, 6) is 0.494. The fraction of sp³-hybridized carbons (Fsp3) is 0.364. The van der Waals surface area contributed by atoms with E-state index in [2.05, 4.69) is 20.3 Å². The van der Waals surface area contributed by atoms with Gasteiger partial charge >= 0.3 is 0 Å². The smallest absolute Gasteiger partial charge is 0.225 e. The van der Waals surface area contributed by atoms with Crippen LogP contribution >= 0.6 is 11.3 Å². The van der Waals surface area contributed by atoms with E-state index in [-0.39, 0.29) is 18.2 Å². The van der Waals surface area contributed by atoms with Crippen LogP contribution in [-0.4, -0.2) is 40.0 Å². The van der Waals surface area contributed by atoms with Crippen molar-refractivity contribution in [3.63, 3.8) is 0 Å². The SMILES string of the molecule is Cc1cc2n(n1)CCCN2CC(C=O)CC(=O)Nc1ccc(-c2csc(C)n2)cc1. The molecule has 2 aromatic heterocycles. The molecule has 1 unspecified atom stereocenters. The fourth-order valence-electron chi connectivity index (χ4n) is 3.77. The van der Waals surface area contributed by atoms with Crippen molar-refractivity contribution in [2.75, 3.05) is 23.3 Å². The highest BCUT2D eigenvalue weighted by molar-refractivity contribution is 7.09. The van der Waals surface area contributed by atoms with E-state index in [0.29, 0.717) is 12.2 Å². The van der Waals surface area contributed by atoms with Crippen molar-refractivity contribution in [2.45, 2.75) is 33.2 Å². The number of carbonyl (C=O) groups excluding carboxylic acids is 2. The number of thiazole rings is 1. The summed E-state index contributed by atoms with van der Waals surface area (Å²) in [4.78, 5) is 30.8. The first-order chi connectivity index (χ1) is 14.5. The summed E-state index contributed by atoms with van der Waals surface area (Å²) in [5.41, 5.74) is 3.63. The molecule has 0 aliphatic carbocycles. The van der Waals surface area contributed by atoms with Gasteiger partial charge in [-0.1, -0.05) is 12.1 Å². The van der Waals surface area contributed by atoms with Crippen molar-refractivity contribution in [2.24, 2.45) is 5.92 Å². The lowest BCUT2D eigenvalue weighted by Gasteiger charge is -2.31. The third kappa shape index (κ3) is 4.59. The summed E-state index contributed by atoms with van der Waals surface area (Å²) in [6.07, 6.45) is 2.02. The van der Waals surface area contributed by atoms with Crippen molar-refractivity contribution in [1.82, 2.24) is 14.8 Å². The van der Waals surface area contributed by atoms with Gasteiger partial charge in [-0.25, -0.2) is 9.67 Å². The average Bonchev–Trinajstić information content (AvgIpc) is 3.33. The molecule has 1 N–H and O–H groups in total. The van der Waals surface area contributed by atoms with E-state index in [4.69, 9.17) is 0 Å². The Hall–Kier alpha value is -3.00. The maximum atomic E-state index is 12.5. The van der Waals surface area contributed by atoms with Gasteiger partial charge in [0.2, 0.25) is 5.91 Å². The molecular formula is C22H25N5O2S. The molecule has 1 atom stereocenters. The normalized spacial score (nSPS) is 14.3. The van der Waals surface area contributed by atoms with Crippen LogP contribution in [0.1, 0.15) is 23.5 Å². The van der Waals surface area contributed by atoms with Gasteiger partial charge in [-0.3, -0.25) is 4.79 Å². The van der Waals surface area contributed by atoms with Crippen LogP contribution in [-0.2, 0) is 16.1 Å². The van der Waals surface area contributed by atoms with E-state index in [1.807, 2.05) is 54.2 Å². The molecule has 0 saturated heterocycles. The molecule has 1 aliphatic heterocycles. The molecule has 1 amide bonds. The predicted molar refractivity (Wildman–Crippen MR) is 119 cm³/mol. The number of aldehydes is 1. The van der Waals surface area contributed by atoms with Gasteiger partial charge in [-0.2, -0.15) is 5.10 Å². The third-order valence-electron chi connectivity index (χ3n) is 5.18. The minimum Gasteiger partial charge on any atom is -0.356 e. The zero-order valence-electron chi connectivity index (χ0n) is 17.2. The Labute approximate surface area is 179 Å². The van der Waals surface area contributed by atoms with E-state index in [0.717, 1.165) is 53.6 Å². The third-order valence-corrected chi connectivity index (χ3v) is 5.95. The second kappa shape index (κ2) is 8.79. The zero-order valence-corrected chi connectivity index (χ0v) is 18.0. The quantitative estimate of drug-likeness (QED) is 0.587. The number of nitrogens with one attached hydrogen (secondary N) is 1. The molecule has 7 nitrogen and oxygen atoms in total. The summed E-state index contributed by atoms with van der Waals surface area (Å²) in [6.45, 7) is 6.22. The number of aryl methyl sites for hydroxylation is 3. The van der Waals surface area contributed by atoms with Crippen LogP contribution in [0.4, 0.5) is 11.5 Å². The summed E-state index contributed by atoms with van der Waals surface area (Å²) >= 11 is 1.61. The number of fused-ring (bicyclic) bond motifs is 1. The largest absolute Gasteiger partial charge is 0.356 e. The molecule has 3 heterocycles. The molecule has 1 aliphatic rings. The number of hydrogen-bond donors (Lipinski definition) is 1. The van der Waals surface area contributed by atoms with Crippen LogP contribution in [0, 0.1) is 19.8 Å². The minimum atomic E-state index is -0.371. The molecule has 8 heteroatoms. The minimum absolute atomic E-state index is 0.153. The number of nitrogens with zero attached hydrogens (tertiary/aromatic N) is 4. The highest BCUT2D eigenvalue weighted by Gasteiger charge is 2.23. The molecule has 0 bridgehead atoms. The van der Waals surface area contributed by atoms with Crippen molar-refractivity contribution >= 4 is 35.0 Å². The van der Waals surface area contributed by atoms with Crippen LogP contribution in [0.3, 0.4) is 0 Å². The topological polar surface area (TPSA) is 80.1 Å². The van der Waals surface area contributed by atoms with Crippen LogP contribution in [0.25, 0.3) is 11.3 Å². The van der Waals surface area contributed by atoms with E-state index in [9.17, 15) is 9.59 Å². The van der Waals surface area contributed by atoms with Gasteiger partial charge in [0.1, 0.15) is 12.1 Å². The second-order valence-electron chi connectivity index (χ2n) is 7.64. The van der Waals surface area contributed by atoms with E-state index < -0.39 is 0 Å². The lowest BCUT2D eigenvalue weighted by atomic mass is 10.1. The van der Waals surface area contributed by atoms with Crippen LogP contribution in [0.5, 0.6) is 0 Å². The number of anilines is 2. The molecule has 156 valence electrons. The lowest BCUT2D eigenvalue weighted by Crippen LogP contribution is -2.37. The molecule has 0 fully saturated rings. The number of rotatable bonds is 7. The number of carbonyl (C=O) groups is 2. The van der Waals surface area contributed by atoms with Crippen LogP contribution < -0.4 is 10.2 Å². The molecule has 30 heavy (non-hydrogen) atoms. The summed E-state index contributed by atoms with van der Waals surface area (Å²) in [7, 11) is 0. The Bertz CT molecular complexity index is 1040. The summed E-state index contributed by atoms with van der Waals surface area (Å²) in [5, 5.41) is 10.4. The Kier molecular flexibility index (Phi) is 5.94. The number of amides is 1. The van der Waals surface area contributed by atoms with Gasteiger partial charge in [0.25, 0.3) is 0 Å².